The summed E-state index contributed by atoms with van der Waals surface area (Å²) in [6.45, 7) is 6.42. The molecule has 2 heterocycles. The number of imidazole rings is 1. The molecule has 0 fully saturated rings. The average molecular weight is 376 g/mol. The van der Waals surface area contributed by atoms with Gasteiger partial charge >= 0.3 is 0 Å². The fourth-order valence-corrected chi connectivity index (χ4v) is 3.03. The van der Waals surface area contributed by atoms with E-state index in [2.05, 4.69) is 89.3 Å². The molecule has 3 rings (SSSR count). The van der Waals surface area contributed by atoms with Gasteiger partial charge in [-0.05, 0) is 66.6 Å². The second kappa shape index (κ2) is 5.20. The molecule has 0 saturated heterocycles. The summed E-state index contributed by atoms with van der Waals surface area (Å²) in [5.74, 6) is 0. The third-order valence-electron chi connectivity index (χ3n) is 3.74. The smallest absolute Gasteiger partial charge is 0.137 e. The third kappa shape index (κ3) is 2.46. The van der Waals surface area contributed by atoms with E-state index < -0.39 is 0 Å². The van der Waals surface area contributed by atoms with E-state index in [1.54, 1.807) is 0 Å². The molecule has 0 aliphatic heterocycles. The largest absolute Gasteiger partial charge is 0.302 e. The molecule has 0 amide bonds. The number of fused-ring (bicyclic) bond motifs is 1. The van der Waals surface area contributed by atoms with Crippen molar-refractivity contribution in [2.45, 2.75) is 27.2 Å². The zero-order chi connectivity index (χ0) is 14.3. The number of hydrogen-bond donors (Lipinski definition) is 0. The fourth-order valence-electron chi connectivity index (χ4n) is 2.57. The molecule has 1 aromatic carbocycles. The molecule has 3 heteroatoms. The topological polar surface area (TPSA) is 17.3 Å². The summed E-state index contributed by atoms with van der Waals surface area (Å²) in [5, 5.41) is 0. The molecule has 0 bridgehead atoms. The summed E-state index contributed by atoms with van der Waals surface area (Å²) in [4.78, 5) is 4.66. The number of aromatic nitrogens is 2. The minimum atomic E-state index is 0.931. The van der Waals surface area contributed by atoms with Gasteiger partial charge in [0, 0.05) is 21.9 Å². The maximum Gasteiger partial charge on any atom is 0.137 e. The molecular formula is C17H17IN2. The van der Waals surface area contributed by atoms with Crippen molar-refractivity contribution in [3.8, 4) is 0 Å². The first-order valence-corrected chi connectivity index (χ1v) is 7.81. The monoisotopic (exact) mass is 376 g/mol. The molecule has 0 aliphatic carbocycles. The lowest BCUT2D eigenvalue weighted by atomic mass is 10.0. The van der Waals surface area contributed by atoms with E-state index in [0.29, 0.717) is 0 Å². The van der Waals surface area contributed by atoms with Crippen LogP contribution in [0.2, 0.25) is 0 Å². The van der Waals surface area contributed by atoms with Crippen LogP contribution in [-0.4, -0.2) is 9.38 Å². The van der Waals surface area contributed by atoms with Crippen molar-refractivity contribution in [2.75, 3.05) is 0 Å². The number of aryl methyl sites for hydroxylation is 3. The maximum atomic E-state index is 4.66. The molecule has 0 radical (unpaired) electrons. The minimum absolute atomic E-state index is 0.931. The summed E-state index contributed by atoms with van der Waals surface area (Å²) >= 11 is 2.35. The third-order valence-corrected chi connectivity index (χ3v) is 4.38. The Kier molecular flexibility index (Phi) is 3.54. The van der Waals surface area contributed by atoms with Gasteiger partial charge in [-0.2, -0.15) is 0 Å². The van der Waals surface area contributed by atoms with Crippen LogP contribution in [0.1, 0.15) is 28.1 Å². The Morgan fingerprint density at radius 2 is 1.90 bits per heavy atom. The van der Waals surface area contributed by atoms with Crippen LogP contribution in [-0.2, 0) is 6.42 Å². The fraction of sp³-hybridized carbons (Fsp3) is 0.235. The minimum Gasteiger partial charge on any atom is -0.302 e. The SMILES string of the molecule is Cc1ccc(C)c(Cc2c(C)nc3ccc(I)cn23)c1. The van der Waals surface area contributed by atoms with E-state index in [0.717, 1.165) is 17.8 Å². The molecule has 0 saturated carbocycles. The first-order chi connectivity index (χ1) is 9.54. The molecule has 0 aliphatic rings. The average Bonchev–Trinajstić information content (AvgIpc) is 2.70. The molecule has 0 spiro atoms. The highest BCUT2D eigenvalue weighted by atomic mass is 127. The molecule has 20 heavy (non-hydrogen) atoms. The van der Waals surface area contributed by atoms with Crippen molar-refractivity contribution in [3.63, 3.8) is 0 Å². The van der Waals surface area contributed by atoms with Crippen molar-refractivity contribution >= 4 is 28.2 Å². The van der Waals surface area contributed by atoms with Crippen molar-refractivity contribution in [1.29, 1.82) is 0 Å². The van der Waals surface area contributed by atoms with Crippen LogP contribution in [0.3, 0.4) is 0 Å². The van der Waals surface area contributed by atoms with E-state index in [1.165, 1.54) is 26.0 Å². The van der Waals surface area contributed by atoms with Gasteiger partial charge in [-0.1, -0.05) is 23.8 Å². The summed E-state index contributed by atoms with van der Waals surface area (Å²) in [5.41, 5.74) is 7.47. The molecule has 2 aromatic heterocycles. The number of halogens is 1. The van der Waals surface area contributed by atoms with Gasteiger partial charge in [0.25, 0.3) is 0 Å². The van der Waals surface area contributed by atoms with Crippen LogP contribution in [0.5, 0.6) is 0 Å². The zero-order valence-corrected chi connectivity index (χ0v) is 14.1. The number of nitrogens with zero attached hydrogens (tertiary/aromatic N) is 2. The second-order valence-electron chi connectivity index (χ2n) is 5.33. The van der Waals surface area contributed by atoms with Crippen molar-refractivity contribution in [2.24, 2.45) is 0 Å². The van der Waals surface area contributed by atoms with E-state index in [1.807, 2.05) is 0 Å². The molecule has 2 nitrogen and oxygen atoms in total. The molecule has 3 aromatic rings. The van der Waals surface area contributed by atoms with Crippen LogP contribution in [0, 0.1) is 24.3 Å². The predicted octanol–water partition coefficient (Wildman–Crippen LogP) is 4.45. The summed E-state index contributed by atoms with van der Waals surface area (Å²) in [7, 11) is 0. The van der Waals surface area contributed by atoms with Crippen LogP contribution in [0.15, 0.2) is 36.5 Å². The van der Waals surface area contributed by atoms with Crippen LogP contribution < -0.4 is 0 Å². The van der Waals surface area contributed by atoms with E-state index in [9.17, 15) is 0 Å². The van der Waals surface area contributed by atoms with Gasteiger partial charge in [-0.3, -0.25) is 0 Å². The van der Waals surface area contributed by atoms with Crippen LogP contribution in [0.25, 0.3) is 5.65 Å². The number of hydrogen-bond acceptors (Lipinski definition) is 1. The summed E-state index contributed by atoms with van der Waals surface area (Å²) in [6, 6.07) is 10.8. The highest BCUT2D eigenvalue weighted by molar-refractivity contribution is 14.1. The lowest BCUT2D eigenvalue weighted by molar-refractivity contribution is 0.993. The zero-order valence-electron chi connectivity index (χ0n) is 11.9. The lowest BCUT2D eigenvalue weighted by Crippen LogP contribution is -1.99. The predicted molar refractivity (Wildman–Crippen MR) is 91.4 cm³/mol. The maximum absolute atomic E-state index is 4.66. The van der Waals surface area contributed by atoms with E-state index >= 15 is 0 Å². The normalized spacial score (nSPS) is 11.2. The van der Waals surface area contributed by atoms with Gasteiger partial charge < -0.3 is 4.40 Å². The first kappa shape index (κ1) is 13.6. The first-order valence-electron chi connectivity index (χ1n) is 6.74. The summed E-state index contributed by atoms with van der Waals surface area (Å²) < 4.78 is 3.45. The molecule has 0 atom stereocenters. The number of rotatable bonds is 2. The Hall–Kier alpha value is -1.36. The Morgan fingerprint density at radius 1 is 1.10 bits per heavy atom. The highest BCUT2D eigenvalue weighted by Gasteiger charge is 2.11. The molecular weight excluding hydrogens is 359 g/mol. The van der Waals surface area contributed by atoms with Crippen molar-refractivity contribution in [1.82, 2.24) is 9.38 Å². The number of pyridine rings is 1. The van der Waals surface area contributed by atoms with Crippen molar-refractivity contribution < 1.29 is 0 Å². The van der Waals surface area contributed by atoms with Crippen LogP contribution >= 0.6 is 22.6 Å². The van der Waals surface area contributed by atoms with Gasteiger partial charge in [0.15, 0.2) is 0 Å². The van der Waals surface area contributed by atoms with Gasteiger partial charge in [0.05, 0.1) is 5.69 Å². The Balaban J connectivity index is 2.12. The molecule has 102 valence electrons. The van der Waals surface area contributed by atoms with Crippen LogP contribution in [0.4, 0.5) is 0 Å². The van der Waals surface area contributed by atoms with Gasteiger partial charge in [-0.25, -0.2) is 4.98 Å². The van der Waals surface area contributed by atoms with E-state index in [-0.39, 0.29) is 0 Å². The quantitative estimate of drug-likeness (QED) is 0.604. The van der Waals surface area contributed by atoms with Gasteiger partial charge in [-0.15, -0.1) is 0 Å². The lowest BCUT2D eigenvalue weighted by Gasteiger charge is -2.08. The van der Waals surface area contributed by atoms with Gasteiger partial charge in [0.2, 0.25) is 0 Å². The Labute approximate surface area is 133 Å². The standard InChI is InChI=1S/C17H17IN2/c1-11-4-5-12(2)14(8-11)9-16-13(3)19-17-7-6-15(18)10-20(16)17/h4-8,10H,9H2,1-3H3. The molecule has 0 unspecified atom stereocenters. The molecule has 0 N–H and O–H groups in total. The Morgan fingerprint density at radius 3 is 2.70 bits per heavy atom. The second-order valence-corrected chi connectivity index (χ2v) is 6.57. The Bertz CT molecular complexity index is 787. The van der Waals surface area contributed by atoms with Gasteiger partial charge in [0.1, 0.15) is 5.65 Å². The van der Waals surface area contributed by atoms with Crippen molar-refractivity contribution in [3.05, 3.63) is 68.2 Å². The van der Waals surface area contributed by atoms with E-state index in [4.69, 9.17) is 0 Å². The highest BCUT2D eigenvalue weighted by Crippen LogP contribution is 2.20. The summed E-state index contributed by atoms with van der Waals surface area (Å²) in [6.07, 6.45) is 3.09. The number of benzene rings is 1.